The first-order valence-corrected chi connectivity index (χ1v) is 6.84. The Morgan fingerprint density at radius 1 is 1.41 bits per heavy atom. The largest absolute Gasteiger partial charge is 0.364 e. The summed E-state index contributed by atoms with van der Waals surface area (Å²) in [6.07, 6.45) is 0.530. The molecule has 1 aromatic carbocycles. The van der Waals surface area contributed by atoms with Gasteiger partial charge in [-0.25, -0.2) is 0 Å². The molecule has 0 aliphatic heterocycles. The van der Waals surface area contributed by atoms with Gasteiger partial charge in [0.1, 0.15) is 4.32 Å². The Bertz CT molecular complexity index is 416. The molecule has 0 unspecified atom stereocenters. The molecule has 0 aliphatic rings. The van der Waals surface area contributed by atoms with E-state index in [4.69, 9.17) is 12.2 Å². The standard InChI is InChI=1S/C13H17NOS2/c1-10-5-4-6-11(9-10)12(15)7-8-17-13(16)14(2)3/h4-6,9H,7-8H2,1-3H3. The van der Waals surface area contributed by atoms with Crippen LogP contribution in [0.5, 0.6) is 0 Å². The first-order chi connectivity index (χ1) is 8.00. The predicted octanol–water partition coefficient (Wildman–Crippen LogP) is 3.15. The van der Waals surface area contributed by atoms with Crippen molar-refractivity contribution < 1.29 is 4.79 Å². The summed E-state index contributed by atoms with van der Waals surface area (Å²) in [5.74, 6) is 0.923. The van der Waals surface area contributed by atoms with Crippen LogP contribution in [0, 0.1) is 6.92 Å². The molecule has 1 rings (SSSR count). The lowest BCUT2D eigenvalue weighted by Gasteiger charge is -2.12. The second-order valence-corrected chi connectivity index (χ2v) is 5.78. The number of thiocarbonyl (C=S) groups is 1. The highest BCUT2D eigenvalue weighted by atomic mass is 32.2. The van der Waals surface area contributed by atoms with E-state index in [2.05, 4.69) is 0 Å². The molecule has 0 saturated carbocycles. The van der Waals surface area contributed by atoms with E-state index in [-0.39, 0.29) is 5.78 Å². The third kappa shape index (κ3) is 4.88. The predicted molar refractivity (Wildman–Crippen MR) is 78.9 cm³/mol. The van der Waals surface area contributed by atoms with Gasteiger partial charge in [0, 0.05) is 31.8 Å². The Kier molecular flexibility index (Phi) is 5.65. The van der Waals surface area contributed by atoms with Crippen molar-refractivity contribution in [1.29, 1.82) is 0 Å². The lowest BCUT2D eigenvalue weighted by atomic mass is 10.1. The molecule has 0 aliphatic carbocycles. The number of rotatable bonds is 4. The van der Waals surface area contributed by atoms with Gasteiger partial charge in [-0.2, -0.15) is 0 Å². The van der Waals surface area contributed by atoms with E-state index in [1.807, 2.05) is 50.2 Å². The van der Waals surface area contributed by atoms with Crippen LogP contribution in [0.2, 0.25) is 0 Å². The quantitative estimate of drug-likeness (QED) is 0.616. The van der Waals surface area contributed by atoms with Crippen molar-refractivity contribution in [3.05, 3.63) is 35.4 Å². The summed E-state index contributed by atoms with van der Waals surface area (Å²) >= 11 is 6.69. The normalized spacial score (nSPS) is 10.1. The van der Waals surface area contributed by atoms with E-state index in [9.17, 15) is 4.79 Å². The van der Waals surface area contributed by atoms with Crippen molar-refractivity contribution in [2.24, 2.45) is 0 Å². The Balaban J connectivity index is 2.43. The highest BCUT2D eigenvalue weighted by Gasteiger charge is 2.07. The van der Waals surface area contributed by atoms with E-state index < -0.39 is 0 Å². The van der Waals surface area contributed by atoms with Crippen LogP contribution < -0.4 is 0 Å². The van der Waals surface area contributed by atoms with E-state index >= 15 is 0 Å². The number of carbonyl (C=O) groups is 1. The minimum atomic E-state index is 0.183. The molecule has 0 aromatic heterocycles. The summed E-state index contributed by atoms with van der Waals surface area (Å²) in [6.45, 7) is 1.99. The van der Waals surface area contributed by atoms with Crippen LogP contribution in [0.4, 0.5) is 0 Å². The summed E-state index contributed by atoms with van der Waals surface area (Å²) < 4.78 is 0.821. The molecular weight excluding hydrogens is 250 g/mol. The number of carbonyl (C=O) groups excluding carboxylic acids is 1. The second kappa shape index (κ2) is 6.77. The molecule has 0 N–H and O–H groups in total. The van der Waals surface area contributed by atoms with Gasteiger partial charge in [0.25, 0.3) is 0 Å². The summed E-state index contributed by atoms with van der Waals surface area (Å²) in [4.78, 5) is 13.8. The summed E-state index contributed by atoms with van der Waals surface area (Å²) in [5, 5.41) is 0. The molecule has 4 heteroatoms. The van der Waals surface area contributed by atoms with Gasteiger partial charge in [-0.1, -0.05) is 47.7 Å². The first kappa shape index (κ1) is 14.2. The molecule has 0 heterocycles. The average molecular weight is 267 g/mol. The molecule has 0 bridgehead atoms. The lowest BCUT2D eigenvalue weighted by Crippen LogP contribution is -2.16. The molecule has 0 spiro atoms. The summed E-state index contributed by atoms with van der Waals surface area (Å²) in [6, 6.07) is 7.70. The van der Waals surface area contributed by atoms with Gasteiger partial charge in [-0.15, -0.1) is 0 Å². The Hall–Kier alpha value is -0.870. The van der Waals surface area contributed by atoms with Crippen molar-refractivity contribution in [1.82, 2.24) is 4.90 Å². The van der Waals surface area contributed by atoms with Crippen LogP contribution in [0.3, 0.4) is 0 Å². The molecule has 0 saturated heterocycles. The summed E-state index contributed by atoms with van der Waals surface area (Å²) in [7, 11) is 3.83. The highest BCUT2D eigenvalue weighted by Crippen LogP contribution is 2.12. The third-order valence-corrected chi connectivity index (χ3v) is 4.00. The van der Waals surface area contributed by atoms with Gasteiger partial charge in [0.2, 0.25) is 0 Å². The number of thioether (sulfide) groups is 1. The molecule has 1 aromatic rings. The summed E-state index contributed by atoms with van der Waals surface area (Å²) in [5.41, 5.74) is 1.91. The molecule has 0 amide bonds. The molecule has 2 nitrogen and oxygen atoms in total. The van der Waals surface area contributed by atoms with E-state index in [1.165, 1.54) is 0 Å². The molecular formula is C13H17NOS2. The topological polar surface area (TPSA) is 20.3 Å². The number of Topliss-reactive ketones (excluding diaryl/α,β-unsaturated/α-hetero) is 1. The fourth-order valence-electron chi connectivity index (χ4n) is 1.32. The molecule has 17 heavy (non-hydrogen) atoms. The van der Waals surface area contributed by atoms with Gasteiger partial charge in [-0.05, 0) is 13.0 Å². The minimum absolute atomic E-state index is 0.183. The van der Waals surface area contributed by atoms with Gasteiger partial charge in [0.05, 0.1) is 0 Å². The Morgan fingerprint density at radius 3 is 2.71 bits per heavy atom. The number of hydrogen-bond donors (Lipinski definition) is 0. The van der Waals surface area contributed by atoms with Crippen LogP contribution in [-0.4, -0.2) is 34.9 Å². The minimum Gasteiger partial charge on any atom is -0.364 e. The first-order valence-electron chi connectivity index (χ1n) is 5.44. The molecule has 0 atom stereocenters. The zero-order chi connectivity index (χ0) is 12.8. The molecule has 92 valence electrons. The SMILES string of the molecule is Cc1cccc(C(=O)CCSC(=S)N(C)C)c1. The fourth-order valence-corrected chi connectivity index (χ4v) is 2.29. The van der Waals surface area contributed by atoms with Crippen LogP contribution in [0.25, 0.3) is 0 Å². The number of ketones is 1. The van der Waals surface area contributed by atoms with Gasteiger partial charge in [0.15, 0.2) is 5.78 Å². The van der Waals surface area contributed by atoms with Crippen LogP contribution >= 0.6 is 24.0 Å². The number of hydrogen-bond acceptors (Lipinski definition) is 3. The van der Waals surface area contributed by atoms with Gasteiger partial charge >= 0.3 is 0 Å². The van der Waals surface area contributed by atoms with E-state index in [0.29, 0.717) is 6.42 Å². The highest BCUT2D eigenvalue weighted by molar-refractivity contribution is 8.22. The van der Waals surface area contributed by atoms with Gasteiger partial charge in [-0.3, -0.25) is 4.79 Å². The maximum Gasteiger partial charge on any atom is 0.163 e. The molecule has 0 radical (unpaired) electrons. The number of nitrogens with zero attached hydrogens (tertiary/aromatic N) is 1. The van der Waals surface area contributed by atoms with Crippen molar-refractivity contribution in [2.75, 3.05) is 19.8 Å². The zero-order valence-corrected chi connectivity index (χ0v) is 12.0. The fraction of sp³-hybridized carbons (Fsp3) is 0.385. The van der Waals surface area contributed by atoms with Crippen molar-refractivity contribution in [2.45, 2.75) is 13.3 Å². The van der Waals surface area contributed by atoms with Crippen molar-refractivity contribution in [3.8, 4) is 0 Å². The van der Waals surface area contributed by atoms with Crippen LogP contribution in [-0.2, 0) is 0 Å². The van der Waals surface area contributed by atoms with Crippen LogP contribution in [0.15, 0.2) is 24.3 Å². The van der Waals surface area contributed by atoms with E-state index in [0.717, 1.165) is 21.2 Å². The monoisotopic (exact) mass is 267 g/mol. The Morgan fingerprint density at radius 2 is 2.12 bits per heavy atom. The average Bonchev–Trinajstić information content (AvgIpc) is 2.28. The third-order valence-electron chi connectivity index (χ3n) is 2.26. The second-order valence-electron chi connectivity index (χ2n) is 4.05. The van der Waals surface area contributed by atoms with Crippen molar-refractivity contribution >= 4 is 34.1 Å². The number of benzene rings is 1. The zero-order valence-electron chi connectivity index (χ0n) is 10.4. The van der Waals surface area contributed by atoms with Gasteiger partial charge < -0.3 is 4.90 Å². The van der Waals surface area contributed by atoms with Crippen molar-refractivity contribution in [3.63, 3.8) is 0 Å². The number of aryl methyl sites for hydroxylation is 1. The van der Waals surface area contributed by atoms with E-state index in [1.54, 1.807) is 11.8 Å². The Labute approximate surface area is 112 Å². The lowest BCUT2D eigenvalue weighted by molar-refractivity contribution is 0.0989. The molecule has 0 fully saturated rings. The smallest absolute Gasteiger partial charge is 0.163 e. The maximum atomic E-state index is 11.9. The maximum absolute atomic E-state index is 11.9. The van der Waals surface area contributed by atoms with Crippen LogP contribution in [0.1, 0.15) is 22.3 Å².